The lowest BCUT2D eigenvalue weighted by atomic mass is 10.3. The van der Waals surface area contributed by atoms with Gasteiger partial charge in [0.25, 0.3) is 0 Å². The van der Waals surface area contributed by atoms with Gasteiger partial charge < -0.3 is 10.5 Å². The molecule has 0 aliphatic carbocycles. The molecular formula is C9H15FN2O. The SMILES string of the molecule is C\C=C(CC)/N=C\C(F)=C(/N)OC. The predicted octanol–water partition coefficient (Wildman–Crippen LogP) is 2.11. The van der Waals surface area contributed by atoms with Gasteiger partial charge in [-0.2, -0.15) is 4.39 Å². The summed E-state index contributed by atoms with van der Waals surface area (Å²) in [6.07, 6.45) is 3.62. The summed E-state index contributed by atoms with van der Waals surface area (Å²) in [7, 11) is 1.30. The zero-order chi connectivity index (χ0) is 10.3. The van der Waals surface area contributed by atoms with Crippen LogP contribution < -0.4 is 5.73 Å². The summed E-state index contributed by atoms with van der Waals surface area (Å²) in [5.41, 5.74) is 5.96. The molecule has 4 heteroatoms. The minimum atomic E-state index is -0.657. The highest BCUT2D eigenvalue weighted by molar-refractivity contribution is 5.76. The molecule has 0 aromatic carbocycles. The van der Waals surface area contributed by atoms with E-state index in [-0.39, 0.29) is 5.88 Å². The predicted molar refractivity (Wildman–Crippen MR) is 51.9 cm³/mol. The summed E-state index contributed by atoms with van der Waals surface area (Å²) in [5.74, 6) is -0.911. The summed E-state index contributed by atoms with van der Waals surface area (Å²) < 4.78 is 17.4. The van der Waals surface area contributed by atoms with E-state index in [0.717, 1.165) is 18.3 Å². The highest BCUT2D eigenvalue weighted by atomic mass is 19.1. The van der Waals surface area contributed by atoms with Crippen molar-refractivity contribution in [2.75, 3.05) is 7.11 Å². The molecule has 0 aliphatic rings. The molecule has 0 aliphatic heterocycles. The Morgan fingerprint density at radius 3 is 2.62 bits per heavy atom. The van der Waals surface area contributed by atoms with Crippen LogP contribution in [0.15, 0.2) is 28.5 Å². The summed E-state index contributed by atoms with van der Waals surface area (Å²) >= 11 is 0. The normalized spacial score (nSPS) is 14.6. The fourth-order valence-corrected chi connectivity index (χ4v) is 0.671. The monoisotopic (exact) mass is 186 g/mol. The fourth-order valence-electron chi connectivity index (χ4n) is 0.671. The smallest absolute Gasteiger partial charge is 0.222 e. The molecule has 0 bridgehead atoms. The topological polar surface area (TPSA) is 47.6 Å². The number of aliphatic imine (C=N–C) groups is 1. The van der Waals surface area contributed by atoms with Crippen LogP contribution in [0.2, 0.25) is 0 Å². The Balaban J connectivity index is 4.43. The van der Waals surface area contributed by atoms with Crippen LogP contribution in [-0.2, 0) is 4.74 Å². The van der Waals surface area contributed by atoms with Gasteiger partial charge in [0.15, 0.2) is 0 Å². The second kappa shape index (κ2) is 6.22. The van der Waals surface area contributed by atoms with E-state index in [9.17, 15) is 4.39 Å². The van der Waals surface area contributed by atoms with Crippen molar-refractivity contribution in [3.8, 4) is 0 Å². The Bertz CT molecular complexity index is 244. The van der Waals surface area contributed by atoms with E-state index in [4.69, 9.17) is 5.73 Å². The third-order valence-corrected chi connectivity index (χ3v) is 1.49. The van der Waals surface area contributed by atoms with Crippen LogP contribution in [0.1, 0.15) is 20.3 Å². The number of rotatable bonds is 4. The Morgan fingerprint density at radius 2 is 2.23 bits per heavy atom. The van der Waals surface area contributed by atoms with Crippen LogP contribution in [0, 0.1) is 0 Å². The number of nitrogens with zero attached hydrogens (tertiary/aromatic N) is 1. The average Bonchev–Trinajstić information content (AvgIpc) is 2.17. The van der Waals surface area contributed by atoms with E-state index < -0.39 is 5.83 Å². The van der Waals surface area contributed by atoms with E-state index in [1.165, 1.54) is 7.11 Å². The molecular weight excluding hydrogens is 171 g/mol. The first-order chi connectivity index (χ1) is 6.15. The van der Waals surface area contributed by atoms with Gasteiger partial charge in [-0.15, -0.1) is 0 Å². The molecule has 0 rings (SSSR count). The number of hydrogen-bond acceptors (Lipinski definition) is 3. The van der Waals surface area contributed by atoms with Crippen LogP contribution in [0.3, 0.4) is 0 Å². The molecule has 0 heterocycles. The molecule has 0 unspecified atom stereocenters. The standard InChI is InChI=1S/C9H15FN2O/c1-4-7(5-2)12-6-8(10)9(11)13-3/h4,6H,5,11H2,1-3H3/b7-4-,9-8-,12-6-. The van der Waals surface area contributed by atoms with Crippen LogP contribution in [0.5, 0.6) is 0 Å². The maximum atomic E-state index is 12.9. The molecule has 0 aromatic rings. The first-order valence-electron chi connectivity index (χ1n) is 4.04. The molecule has 0 saturated carbocycles. The van der Waals surface area contributed by atoms with Gasteiger partial charge in [0, 0.05) is 5.70 Å². The Kier molecular flexibility index (Phi) is 5.59. The van der Waals surface area contributed by atoms with Crippen molar-refractivity contribution in [1.82, 2.24) is 0 Å². The zero-order valence-electron chi connectivity index (χ0n) is 8.17. The van der Waals surface area contributed by atoms with Crippen LogP contribution >= 0.6 is 0 Å². The van der Waals surface area contributed by atoms with Crippen LogP contribution in [-0.4, -0.2) is 13.3 Å². The van der Waals surface area contributed by atoms with Crippen LogP contribution in [0.4, 0.5) is 4.39 Å². The van der Waals surface area contributed by atoms with Gasteiger partial charge in [-0.3, -0.25) is 4.99 Å². The minimum Gasteiger partial charge on any atom is -0.481 e. The summed E-state index contributed by atoms with van der Waals surface area (Å²) in [6, 6.07) is 0. The number of ether oxygens (including phenoxy) is 1. The Labute approximate surface area is 77.8 Å². The lowest BCUT2D eigenvalue weighted by Gasteiger charge is -1.98. The molecule has 0 fully saturated rings. The first-order valence-corrected chi connectivity index (χ1v) is 4.04. The second-order valence-corrected chi connectivity index (χ2v) is 2.31. The van der Waals surface area contributed by atoms with Crippen molar-refractivity contribution >= 4 is 6.21 Å². The van der Waals surface area contributed by atoms with Crippen molar-refractivity contribution in [3.05, 3.63) is 23.5 Å². The van der Waals surface area contributed by atoms with Crippen molar-refractivity contribution in [1.29, 1.82) is 0 Å². The van der Waals surface area contributed by atoms with Crippen molar-refractivity contribution in [2.24, 2.45) is 10.7 Å². The summed E-state index contributed by atoms with van der Waals surface area (Å²) in [5, 5.41) is 0. The molecule has 0 atom stereocenters. The van der Waals surface area contributed by atoms with Crippen molar-refractivity contribution in [2.45, 2.75) is 20.3 Å². The number of hydrogen-bond donors (Lipinski definition) is 1. The number of methoxy groups -OCH3 is 1. The molecule has 0 radical (unpaired) electrons. The first kappa shape index (κ1) is 11.7. The van der Waals surface area contributed by atoms with Crippen molar-refractivity contribution < 1.29 is 9.13 Å². The maximum absolute atomic E-state index is 12.9. The number of nitrogens with two attached hydrogens (primary N) is 1. The molecule has 0 aromatic heterocycles. The van der Waals surface area contributed by atoms with E-state index in [2.05, 4.69) is 9.73 Å². The number of halogens is 1. The number of allylic oxidation sites excluding steroid dienone is 3. The summed E-state index contributed by atoms with van der Waals surface area (Å²) in [4.78, 5) is 3.87. The van der Waals surface area contributed by atoms with E-state index in [1.807, 2.05) is 19.9 Å². The molecule has 74 valence electrons. The highest BCUT2D eigenvalue weighted by Gasteiger charge is 1.98. The lowest BCUT2D eigenvalue weighted by molar-refractivity contribution is 0.275. The van der Waals surface area contributed by atoms with E-state index in [0.29, 0.717) is 0 Å². The van der Waals surface area contributed by atoms with Gasteiger partial charge in [-0.1, -0.05) is 13.0 Å². The van der Waals surface area contributed by atoms with E-state index in [1.54, 1.807) is 0 Å². The Morgan fingerprint density at radius 1 is 1.62 bits per heavy atom. The second-order valence-electron chi connectivity index (χ2n) is 2.31. The minimum absolute atomic E-state index is 0.254. The average molecular weight is 186 g/mol. The third kappa shape index (κ3) is 4.30. The highest BCUT2D eigenvalue weighted by Crippen LogP contribution is 2.04. The molecule has 2 N–H and O–H groups in total. The maximum Gasteiger partial charge on any atom is 0.222 e. The molecule has 13 heavy (non-hydrogen) atoms. The molecule has 0 amide bonds. The zero-order valence-corrected chi connectivity index (χ0v) is 8.17. The van der Waals surface area contributed by atoms with Gasteiger partial charge in [0.1, 0.15) is 0 Å². The van der Waals surface area contributed by atoms with Gasteiger partial charge in [-0.25, -0.2) is 0 Å². The van der Waals surface area contributed by atoms with Gasteiger partial charge in [-0.05, 0) is 13.3 Å². The fraction of sp³-hybridized carbons (Fsp3) is 0.444. The van der Waals surface area contributed by atoms with Gasteiger partial charge in [0.05, 0.1) is 13.3 Å². The summed E-state index contributed by atoms with van der Waals surface area (Å²) in [6.45, 7) is 3.78. The van der Waals surface area contributed by atoms with Crippen LogP contribution in [0.25, 0.3) is 0 Å². The lowest BCUT2D eigenvalue weighted by Crippen LogP contribution is -2.02. The Hall–Kier alpha value is -1.32. The van der Waals surface area contributed by atoms with Gasteiger partial charge in [0.2, 0.25) is 11.7 Å². The molecule has 3 nitrogen and oxygen atoms in total. The van der Waals surface area contributed by atoms with Gasteiger partial charge >= 0.3 is 0 Å². The molecule has 0 saturated heterocycles. The largest absolute Gasteiger partial charge is 0.481 e. The quantitative estimate of drug-likeness (QED) is 0.540. The van der Waals surface area contributed by atoms with E-state index >= 15 is 0 Å². The molecule has 0 spiro atoms. The third-order valence-electron chi connectivity index (χ3n) is 1.49. The van der Waals surface area contributed by atoms with Crippen molar-refractivity contribution in [3.63, 3.8) is 0 Å².